The summed E-state index contributed by atoms with van der Waals surface area (Å²) in [6.45, 7) is 8.03. The molecule has 0 saturated carbocycles. The monoisotopic (exact) mass is 407 g/mol. The first kappa shape index (κ1) is 20.2. The van der Waals surface area contributed by atoms with Gasteiger partial charge in [0.1, 0.15) is 0 Å². The van der Waals surface area contributed by atoms with Crippen molar-refractivity contribution in [2.24, 2.45) is 0 Å². The van der Waals surface area contributed by atoms with E-state index < -0.39 is 0 Å². The van der Waals surface area contributed by atoms with E-state index >= 15 is 0 Å². The molecule has 3 aromatic rings. The van der Waals surface area contributed by atoms with Crippen molar-refractivity contribution in [2.75, 3.05) is 26.2 Å². The summed E-state index contributed by atoms with van der Waals surface area (Å²) in [6, 6.07) is 15.0. The number of piperazine rings is 1. The maximum atomic E-state index is 11.2. The second-order valence-electron chi connectivity index (χ2n) is 7.70. The zero-order valence-electron chi connectivity index (χ0n) is 17.2. The normalized spacial score (nSPS) is 16.5. The standard InChI is InChI=1S/C22H25N5O3/c1-16-7-9-18(10-8-16)21-23-22(30-24-21)17(2)26-13-11-25(12-14-26)15-19-5-3-4-6-20(19)27(28)29/h3-10,17H,11-15H2,1-2H3. The Morgan fingerprint density at radius 2 is 1.80 bits per heavy atom. The van der Waals surface area contributed by atoms with Crippen molar-refractivity contribution in [1.29, 1.82) is 0 Å². The average molecular weight is 407 g/mol. The fraction of sp³-hybridized carbons (Fsp3) is 0.364. The molecule has 4 rings (SSSR count). The van der Waals surface area contributed by atoms with Crippen LogP contribution in [0.5, 0.6) is 0 Å². The van der Waals surface area contributed by atoms with Gasteiger partial charge in [-0.05, 0) is 13.8 Å². The minimum atomic E-state index is -0.311. The number of nitro groups is 1. The summed E-state index contributed by atoms with van der Waals surface area (Å²) in [7, 11) is 0. The SMILES string of the molecule is Cc1ccc(-c2noc(C(C)N3CCN(Cc4ccccc4[N+](=O)[O-])CC3)n2)cc1. The Bertz CT molecular complexity index is 1010. The van der Waals surface area contributed by atoms with E-state index in [0.29, 0.717) is 18.3 Å². The second-order valence-corrected chi connectivity index (χ2v) is 7.70. The molecular formula is C22H25N5O3. The highest BCUT2D eigenvalue weighted by molar-refractivity contribution is 5.54. The number of hydrogen-bond acceptors (Lipinski definition) is 7. The van der Waals surface area contributed by atoms with Gasteiger partial charge in [-0.2, -0.15) is 4.98 Å². The molecule has 1 aromatic heterocycles. The molecule has 1 aliphatic rings. The third-order valence-corrected chi connectivity index (χ3v) is 5.65. The molecule has 1 unspecified atom stereocenters. The molecule has 2 heterocycles. The van der Waals surface area contributed by atoms with Gasteiger partial charge in [-0.15, -0.1) is 0 Å². The van der Waals surface area contributed by atoms with E-state index in [1.54, 1.807) is 12.1 Å². The van der Waals surface area contributed by atoms with Crippen molar-refractivity contribution in [1.82, 2.24) is 19.9 Å². The van der Waals surface area contributed by atoms with E-state index in [9.17, 15) is 10.1 Å². The molecule has 30 heavy (non-hydrogen) atoms. The molecule has 0 N–H and O–H groups in total. The zero-order chi connectivity index (χ0) is 21.1. The van der Waals surface area contributed by atoms with E-state index in [1.807, 2.05) is 43.3 Å². The van der Waals surface area contributed by atoms with Crippen LogP contribution in [-0.2, 0) is 6.54 Å². The van der Waals surface area contributed by atoms with Crippen LogP contribution in [0.4, 0.5) is 5.69 Å². The molecule has 1 fully saturated rings. The lowest BCUT2D eigenvalue weighted by atomic mass is 10.1. The molecule has 156 valence electrons. The summed E-state index contributed by atoms with van der Waals surface area (Å²) < 4.78 is 5.54. The summed E-state index contributed by atoms with van der Waals surface area (Å²) in [5.74, 6) is 1.21. The Hall–Kier alpha value is -3.10. The first-order chi connectivity index (χ1) is 14.5. The highest BCUT2D eigenvalue weighted by atomic mass is 16.6. The Labute approximate surface area is 175 Å². The van der Waals surface area contributed by atoms with Crippen LogP contribution in [0.15, 0.2) is 53.1 Å². The Morgan fingerprint density at radius 3 is 2.50 bits per heavy atom. The third kappa shape index (κ3) is 4.39. The molecule has 0 amide bonds. The molecule has 0 aliphatic carbocycles. The van der Waals surface area contributed by atoms with Crippen molar-refractivity contribution in [2.45, 2.75) is 26.4 Å². The van der Waals surface area contributed by atoms with E-state index in [-0.39, 0.29) is 16.7 Å². The molecule has 0 radical (unpaired) electrons. The highest BCUT2D eigenvalue weighted by Gasteiger charge is 2.27. The zero-order valence-corrected chi connectivity index (χ0v) is 17.2. The first-order valence-corrected chi connectivity index (χ1v) is 10.1. The number of nitrogens with zero attached hydrogens (tertiary/aromatic N) is 5. The van der Waals surface area contributed by atoms with Crippen LogP contribution in [0, 0.1) is 17.0 Å². The van der Waals surface area contributed by atoms with Gasteiger partial charge in [0.15, 0.2) is 0 Å². The Kier molecular flexibility index (Phi) is 5.87. The molecular weight excluding hydrogens is 382 g/mol. The van der Waals surface area contributed by atoms with Crippen LogP contribution in [0.2, 0.25) is 0 Å². The first-order valence-electron chi connectivity index (χ1n) is 10.1. The molecule has 1 atom stereocenters. The highest BCUT2D eigenvalue weighted by Crippen LogP contribution is 2.25. The van der Waals surface area contributed by atoms with Crippen LogP contribution in [-0.4, -0.2) is 51.0 Å². The topological polar surface area (TPSA) is 88.5 Å². The largest absolute Gasteiger partial charge is 0.337 e. The minimum absolute atomic E-state index is 0.0184. The van der Waals surface area contributed by atoms with Gasteiger partial charge < -0.3 is 4.52 Å². The second kappa shape index (κ2) is 8.73. The van der Waals surface area contributed by atoms with Gasteiger partial charge in [0.25, 0.3) is 5.69 Å². The number of para-hydroxylation sites is 1. The van der Waals surface area contributed by atoms with Crippen molar-refractivity contribution in [3.8, 4) is 11.4 Å². The van der Waals surface area contributed by atoms with Gasteiger partial charge in [-0.25, -0.2) is 0 Å². The van der Waals surface area contributed by atoms with Gasteiger partial charge in [0.05, 0.1) is 11.0 Å². The Balaban J connectivity index is 1.36. The summed E-state index contributed by atoms with van der Waals surface area (Å²) >= 11 is 0. The molecule has 8 nitrogen and oxygen atoms in total. The lowest BCUT2D eigenvalue weighted by Gasteiger charge is -2.36. The molecule has 0 bridgehead atoms. The number of hydrogen-bond donors (Lipinski definition) is 0. The van der Waals surface area contributed by atoms with Crippen LogP contribution >= 0.6 is 0 Å². The maximum Gasteiger partial charge on any atom is 0.273 e. The third-order valence-electron chi connectivity index (χ3n) is 5.65. The van der Waals surface area contributed by atoms with E-state index in [1.165, 1.54) is 5.56 Å². The summed E-state index contributed by atoms with van der Waals surface area (Å²) in [5.41, 5.74) is 3.07. The summed E-state index contributed by atoms with van der Waals surface area (Å²) in [5, 5.41) is 15.4. The summed E-state index contributed by atoms with van der Waals surface area (Å²) in [6.07, 6.45) is 0. The number of aromatic nitrogens is 2. The summed E-state index contributed by atoms with van der Waals surface area (Å²) in [4.78, 5) is 20.1. The van der Waals surface area contributed by atoms with E-state index in [0.717, 1.165) is 37.3 Å². The number of rotatable bonds is 6. The van der Waals surface area contributed by atoms with Crippen molar-refractivity contribution < 1.29 is 9.45 Å². The Morgan fingerprint density at radius 1 is 1.10 bits per heavy atom. The van der Waals surface area contributed by atoms with Crippen LogP contribution in [0.1, 0.15) is 30.0 Å². The van der Waals surface area contributed by atoms with Gasteiger partial charge in [0.2, 0.25) is 11.7 Å². The lowest BCUT2D eigenvalue weighted by Crippen LogP contribution is -2.46. The molecule has 1 saturated heterocycles. The fourth-order valence-corrected chi connectivity index (χ4v) is 3.75. The number of aryl methyl sites for hydroxylation is 1. The average Bonchev–Trinajstić information content (AvgIpc) is 3.25. The minimum Gasteiger partial charge on any atom is -0.337 e. The van der Waals surface area contributed by atoms with Crippen LogP contribution < -0.4 is 0 Å². The molecule has 1 aliphatic heterocycles. The molecule has 2 aromatic carbocycles. The van der Waals surface area contributed by atoms with E-state index in [4.69, 9.17) is 4.52 Å². The quantitative estimate of drug-likeness (QED) is 0.453. The fourth-order valence-electron chi connectivity index (χ4n) is 3.75. The van der Waals surface area contributed by atoms with Crippen LogP contribution in [0.25, 0.3) is 11.4 Å². The lowest BCUT2D eigenvalue weighted by molar-refractivity contribution is -0.385. The number of nitro benzene ring substituents is 1. The van der Waals surface area contributed by atoms with Crippen molar-refractivity contribution in [3.05, 3.63) is 75.7 Å². The van der Waals surface area contributed by atoms with Gasteiger partial charge >= 0.3 is 0 Å². The predicted octanol–water partition coefficient (Wildman–Crippen LogP) is 3.83. The van der Waals surface area contributed by atoms with Crippen LogP contribution in [0.3, 0.4) is 0 Å². The molecule has 8 heteroatoms. The van der Waals surface area contributed by atoms with Gasteiger partial charge in [-0.3, -0.25) is 19.9 Å². The van der Waals surface area contributed by atoms with Crippen molar-refractivity contribution in [3.63, 3.8) is 0 Å². The maximum absolute atomic E-state index is 11.2. The van der Waals surface area contributed by atoms with E-state index in [2.05, 4.69) is 26.9 Å². The predicted molar refractivity (Wildman–Crippen MR) is 113 cm³/mol. The molecule has 0 spiro atoms. The van der Waals surface area contributed by atoms with Gasteiger partial charge in [0, 0.05) is 49.9 Å². The van der Waals surface area contributed by atoms with Crippen molar-refractivity contribution >= 4 is 5.69 Å². The van der Waals surface area contributed by atoms with Gasteiger partial charge in [-0.1, -0.05) is 53.2 Å². The number of benzene rings is 2. The smallest absolute Gasteiger partial charge is 0.273 e.